The van der Waals surface area contributed by atoms with E-state index in [4.69, 9.17) is 15.9 Å². The van der Waals surface area contributed by atoms with E-state index in [1.54, 1.807) is 11.0 Å². The minimum absolute atomic E-state index is 0.0262. The molecular weight excluding hydrogens is 522 g/mol. The number of likely N-dealkylation sites (tertiary alicyclic amines) is 1. The number of para-hydroxylation sites is 1. The average molecular weight is 556 g/mol. The minimum Gasteiger partial charge on any atom is -0.457 e. The zero-order valence-electron chi connectivity index (χ0n) is 22.6. The van der Waals surface area contributed by atoms with Gasteiger partial charge in [-0.1, -0.05) is 44.7 Å². The maximum Gasteiger partial charge on any atom is 0.255 e. The molecule has 1 saturated heterocycles. The van der Waals surface area contributed by atoms with E-state index < -0.39 is 0 Å². The summed E-state index contributed by atoms with van der Waals surface area (Å²) >= 11 is 1.54. The Bertz CT molecular complexity index is 1520. The number of nitrogens with two attached hydrogens (primary N) is 1. The Kier molecular flexibility index (Phi) is 6.41. The number of carbonyl (C=O) groups excluding carboxylic acids is 2. The molecule has 1 aromatic heterocycles. The Morgan fingerprint density at radius 2 is 2.00 bits per heavy atom. The maximum atomic E-state index is 13.8. The van der Waals surface area contributed by atoms with Gasteiger partial charge in [0.2, 0.25) is 5.91 Å². The Hall–Kier alpha value is -4.11. The van der Waals surface area contributed by atoms with E-state index >= 15 is 0 Å². The minimum atomic E-state index is -0.153. The van der Waals surface area contributed by atoms with Crippen LogP contribution in [-0.2, 0) is 17.9 Å². The van der Waals surface area contributed by atoms with E-state index in [-0.39, 0.29) is 41.7 Å². The van der Waals surface area contributed by atoms with Crippen LogP contribution in [0, 0.1) is 16.7 Å². The average Bonchev–Trinajstić information content (AvgIpc) is 3.39. The van der Waals surface area contributed by atoms with Gasteiger partial charge in [-0.15, -0.1) is 11.3 Å². The van der Waals surface area contributed by atoms with Crippen LogP contribution in [0.4, 0.5) is 0 Å². The van der Waals surface area contributed by atoms with Crippen molar-refractivity contribution in [2.75, 3.05) is 6.54 Å². The van der Waals surface area contributed by atoms with Crippen molar-refractivity contribution in [3.05, 3.63) is 93.8 Å². The number of piperidine rings is 1. The van der Waals surface area contributed by atoms with E-state index in [0.29, 0.717) is 41.6 Å². The topological polar surface area (TPSA) is 112 Å². The summed E-state index contributed by atoms with van der Waals surface area (Å²) in [4.78, 5) is 31.8. The van der Waals surface area contributed by atoms with Crippen LogP contribution in [0.15, 0.2) is 72.3 Å². The molecule has 1 saturated carbocycles. The molecule has 206 valence electrons. The fourth-order valence-electron chi connectivity index (χ4n) is 6.30. The Labute approximate surface area is 237 Å². The molecule has 2 aromatic carbocycles. The molecule has 3 aliphatic rings. The molecule has 2 aliphatic heterocycles. The third-order valence-corrected chi connectivity index (χ3v) is 9.70. The Balaban J connectivity index is 1.13. The van der Waals surface area contributed by atoms with Gasteiger partial charge in [-0.2, -0.15) is 0 Å². The summed E-state index contributed by atoms with van der Waals surface area (Å²) in [6, 6.07) is 16.9. The quantitative estimate of drug-likeness (QED) is 0.262. The number of hydrogen-bond donors (Lipinski definition) is 3. The lowest BCUT2D eigenvalue weighted by atomic mass is 9.97. The molecule has 0 bridgehead atoms. The molecule has 0 radical (unpaired) electrons. The van der Waals surface area contributed by atoms with Crippen molar-refractivity contribution in [3.8, 4) is 11.5 Å². The standard InChI is InChI=1S/C31H33N5O3S/c1-18-28-31(18,3)13-26(19(2)34-14-24-11-21(17-40-24)29(32)33)36(28)27(37)16-35-15-20-9-10-23(12-25(20)30(35)38)39-22-7-5-4-6-8-22/h4-12,17-18,26,28,34H,2,13-16H2,1,3H3,(H3,32,33)/t18?,26?,28?,31-/m1/s1. The van der Waals surface area contributed by atoms with Crippen molar-refractivity contribution < 1.29 is 14.3 Å². The molecule has 4 atom stereocenters. The number of benzene rings is 2. The maximum absolute atomic E-state index is 13.8. The third-order valence-electron chi connectivity index (χ3n) is 8.76. The first-order chi connectivity index (χ1) is 19.2. The second-order valence-corrected chi connectivity index (χ2v) is 12.2. The van der Waals surface area contributed by atoms with Gasteiger partial charge in [-0.25, -0.2) is 0 Å². The van der Waals surface area contributed by atoms with Crippen LogP contribution < -0.4 is 15.8 Å². The Morgan fingerprint density at radius 1 is 1.23 bits per heavy atom. The predicted octanol–water partition coefficient (Wildman–Crippen LogP) is 4.71. The van der Waals surface area contributed by atoms with Crippen LogP contribution >= 0.6 is 11.3 Å². The monoisotopic (exact) mass is 555 g/mol. The lowest BCUT2D eigenvalue weighted by Gasteiger charge is -2.32. The molecule has 2 fully saturated rings. The molecule has 40 heavy (non-hydrogen) atoms. The zero-order valence-corrected chi connectivity index (χ0v) is 23.5. The molecule has 9 heteroatoms. The summed E-state index contributed by atoms with van der Waals surface area (Å²) in [5.41, 5.74) is 8.63. The number of fused-ring (bicyclic) bond motifs is 2. The molecule has 8 nitrogen and oxygen atoms in total. The molecule has 3 unspecified atom stereocenters. The van der Waals surface area contributed by atoms with Crippen LogP contribution in [0.25, 0.3) is 0 Å². The van der Waals surface area contributed by atoms with Crippen molar-refractivity contribution in [1.82, 2.24) is 15.1 Å². The Morgan fingerprint density at radius 3 is 2.73 bits per heavy atom. The van der Waals surface area contributed by atoms with Crippen LogP contribution in [-0.4, -0.2) is 46.1 Å². The van der Waals surface area contributed by atoms with Gasteiger partial charge in [0.05, 0.1) is 6.04 Å². The number of ether oxygens (including phenoxy) is 1. The van der Waals surface area contributed by atoms with Crippen molar-refractivity contribution in [2.24, 2.45) is 17.1 Å². The fourth-order valence-corrected chi connectivity index (χ4v) is 7.12. The summed E-state index contributed by atoms with van der Waals surface area (Å²) in [5, 5.41) is 12.9. The number of carbonyl (C=O) groups is 2. The first-order valence-corrected chi connectivity index (χ1v) is 14.3. The van der Waals surface area contributed by atoms with E-state index in [9.17, 15) is 9.59 Å². The first kappa shape index (κ1) is 26.1. The molecule has 0 spiro atoms. The zero-order chi connectivity index (χ0) is 28.2. The van der Waals surface area contributed by atoms with Crippen molar-refractivity contribution in [1.29, 1.82) is 5.41 Å². The first-order valence-electron chi connectivity index (χ1n) is 13.5. The second-order valence-electron chi connectivity index (χ2n) is 11.2. The van der Waals surface area contributed by atoms with Gasteiger partial charge in [0.25, 0.3) is 5.91 Å². The molecule has 4 N–H and O–H groups in total. The number of nitrogen functional groups attached to an aromatic ring is 1. The summed E-state index contributed by atoms with van der Waals surface area (Å²) in [6.07, 6.45) is 0.841. The molecular formula is C31H33N5O3S. The normalized spacial score (nSPS) is 24.4. The van der Waals surface area contributed by atoms with Gasteiger partial charge < -0.3 is 25.6 Å². The van der Waals surface area contributed by atoms with Gasteiger partial charge in [0, 0.05) is 46.2 Å². The number of amides is 2. The van der Waals surface area contributed by atoms with E-state index in [2.05, 4.69) is 25.7 Å². The number of nitrogens with zero attached hydrogens (tertiary/aromatic N) is 2. The highest BCUT2D eigenvalue weighted by Gasteiger charge is 2.69. The number of amidine groups is 1. The van der Waals surface area contributed by atoms with Crippen LogP contribution in [0.3, 0.4) is 0 Å². The molecule has 3 aromatic rings. The van der Waals surface area contributed by atoms with Crippen LogP contribution in [0.2, 0.25) is 0 Å². The number of nitrogens with one attached hydrogen (secondary N) is 2. The number of thiophene rings is 1. The highest BCUT2D eigenvalue weighted by atomic mass is 32.1. The highest BCUT2D eigenvalue weighted by molar-refractivity contribution is 7.10. The fraction of sp³-hybridized carbons (Fsp3) is 0.323. The van der Waals surface area contributed by atoms with E-state index in [0.717, 1.165) is 22.6 Å². The summed E-state index contributed by atoms with van der Waals surface area (Å²) < 4.78 is 5.92. The SMILES string of the molecule is C=C(NCc1cc(C(=N)N)cs1)C1C[C@]2(C)C(C)C2N1C(=O)CN1Cc2ccc(Oc3ccccc3)cc2C1=O. The van der Waals surface area contributed by atoms with Gasteiger partial charge in [0.1, 0.15) is 23.9 Å². The second kappa shape index (κ2) is 9.82. The van der Waals surface area contributed by atoms with Gasteiger partial charge in [-0.05, 0) is 53.6 Å². The van der Waals surface area contributed by atoms with Crippen molar-refractivity contribution in [3.63, 3.8) is 0 Å². The number of rotatable bonds is 9. The summed E-state index contributed by atoms with van der Waals surface area (Å²) in [6.45, 7) is 9.71. The van der Waals surface area contributed by atoms with Gasteiger partial charge in [0.15, 0.2) is 0 Å². The molecule has 3 heterocycles. The van der Waals surface area contributed by atoms with Crippen LogP contribution in [0.1, 0.15) is 46.6 Å². The lowest BCUT2D eigenvalue weighted by molar-refractivity contribution is -0.133. The number of hydrogen-bond acceptors (Lipinski definition) is 6. The van der Waals surface area contributed by atoms with E-state index in [1.807, 2.05) is 58.8 Å². The van der Waals surface area contributed by atoms with Gasteiger partial charge in [-0.3, -0.25) is 15.0 Å². The lowest BCUT2D eigenvalue weighted by Crippen LogP contribution is -2.47. The predicted molar refractivity (Wildman–Crippen MR) is 155 cm³/mol. The molecule has 6 rings (SSSR count). The van der Waals surface area contributed by atoms with Gasteiger partial charge >= 0.3 is 0 Å². The molecule has 2 amide bonds. The van der Waals surface area contributed by atoms with Crippen molar-refractivity contribution in [2.45, 2.75) is 45.4 Å². The smallest absolute Gasteiger partial charge is 0.255 e. The van der Waals surface area contributed by atoms with Crippen LogP contribution in [0.5, 0.6) is 11.5 Å². The largest absolute Gasteiger partial charge is 0.457 e. The molecule has 1 aliphatic carbocycles. The van der Waals surface area contributed by atoms with Crippen molar-refractivity contribution >= 4 is 29.0 Å². The van der Waals surface area contributed by atoms with E-state index in [1.165, 1.54) is 11.3 Å². The highest BCUT2D eigenvalue weighted by Crippen LogP contribution is 2.64. The summed E-state index contributed by atoms with van der Waals surface area (Å²) in [5.74, 6) is 1.55. The third kappa shape index (κ3) is 4.54. The summed E-state index contributed by atoms with van der Waals surface area (Å²) in [7, 11) is 0.